The van der Waals surface area contributed by atoms with Gasteiger partial charge in [0.15, 0.2) is 0 Å². The molecule has 0 saturated carbocycles. The standard InChI is InChI=1S/C36H40FN3O5S/c1-5-45-31-20-22-32(23-21-31)46(43,44)40(30-14-10-7-11-15-30)26-34(41)39(25-28-16-18-29(37)19-17-28)33(35(42)38-36(2,3)4)24-27-12-8-6-9-13-27/h6-23,33H,5,24-26H2,1-4H3,(H,38,42). The van der Waals surface area contributed by atoms with Crippen molar-refractivity contribution in [2.24, 2.45) is 0 Å². The number of anilines is 1. The summed E-state index contributed by atoms with van der Waals surface area (Å²) in [5, 5.41) is 2.99. The smallest absolute Gasteiger partial charge is 0.264 e. The summed E-state index contributed by atoms with van der Waals surface area (Å²) in [5.41, 5.74) is 1.07. The quantitative estimate of drug-likeness (QED) is 0.193. The summed E-state index contributed by atoms with van der Waals surface area (Å²) >= 11 is 0. The first-order chi connectivity index (χ1) is 21.9. The summed E-state index contributed by atoms with van der Waals surface area (Å²) in [6.45, 7) is 7.14. The van der Waals surface area contributed by atoms with Gasteiger partial charge in [0.1, 0.15) is 24.2 Å². The minimum absolute atomic E-state index is 0.0241. The third-order valence-electron chi connectivity index (χ3n) is 7.08. The van der Waals surface area contributed by atoms with Crippen molar-refractivity contribution in [3.8, 4) is 5.75 Å². The molecule has 0 radical (unpaired) electrons. The molecule has 4 rings (SSSR count). The molecule has 0 aliphatic carbocycles. The summed E-state index contributed by atoms with van der Waals surface area (Å²) in [6, 6.07) is 28.3. The average molecular weight is 646 g/mol. The maximum absolute atomic E-state index is 14.5. The molecule has 0 saturated heterocycles. The molecule has 0 spiro atoms. The Balaban J connectivity index is 1.78. The van der Waals surface area contributed by atoms with Crippen molar-refractivity contribution in [2.45, 2.75) is 57.1 Å². The SMILES string of the molecule is CCOc1ccc(S(=O)(=O)N(CC(=O)N(Cc2ccc(F)cc2)C(Cc2ccccc2)C(=O)NC(C)(C)C)c2ccccc2)cc1. The van der Waals surface area contributed by atoms with Gasteiger partial charge in [-0.15, -0.1) is 0 Å². The predicted molar refractivity (Wildman–Crippen MR) is 177 cm³/mol. The van der Waals surface area contributed by atoms with Gasteiger partial charge in [-0.1, -0.05) is 60.7 Å². The van der Waals surface area contributed by atoms with Gasteiger partial charge < -0.3 is 15.0 Å². The minimum atomic E-state index is -4.25. The maximum Gasteiger partial charge on any atom is 0.264 e. The highest BCUT2D eigenvalue weighted by molar-refractivity contribution is 7.92. The van der Waals surface area contributed by atoms with E-state index >= 15 is 0 Å². The van der Waals surface area contributed by atoms with E-state index in [0.717, 1.165) is 9.87 Å². The highest BCUT2D eigenvalue weighted by Crippen LogP contribution is 2.26. The number of hydrogen-bond acceptors (Lipinski definition) is 5. The molecular weight excluding hydrogens is 605 g/mol. The van der Waals surface area contributed by atoms with E-state index < -0.39 is 45.8 Å². The maximum atomic E-state index is 14.5. The van der Waals surface area contributed by atoms with E-state index in [9.17, 15) is 22.4 Å². The first-order valence-corrected chi connectivity index (χ1v) is 16.5. The van der Waals surface area contributed by atoms with Crippen molar-refractivity contribution in [1.82, 2.24) is 10.2 Å². The van der Waals surface area contributed by atoms with Gasteiger partial charge in [0.25, 0.3) is 10.0 Å². The largest absolute Gasteiger partial charge is 0.494 e. The van der Waals surface area contributed by atoms with Crippen LogP contribution in [0.15, 0.2) is 114 Å². The number of hydrogen-bond donors (Lipinski definition) is 1. The molecule has 46 heavy (non-hydrogen) atoms. The number of halogens is 1. The second kappa shape index (κ2) is 15.1. The molecule has 1 N–H and O–H groups in total. The fraction of sp³-hybridized carbons (Fsp3) is 0.278. The van der Waals surface area contributed by atoms with Crippen molar-refractivity contribution >= 4 is 27.5 Å². The van der Waals surface area contributed by atoms with Crippen LogP contribution in [0.4, 0.5) is 10.1 Å². The third kappa shape index (κ3) is 9.17. The normalized spacial score (nSPS) is 12.2. The molecule has 242 valence electrons. The summed E-state index contributed by atoms with van der Waals surface area (Å²) in [6.07, 6.45) is 0.173. The average Bonchev–Trinajstić information content (AvgIpc) is 3.03. The van der Waals surface area contributed by atoms with Crippen LogP contribution < -0.4 is 14.4 Å². The van der Waals surface area contributed by atoms with Gasteiger partial charge in [-0.2, -0.15) is 0 Å². The van der Waals surface area contributed by atoms with Crippen LogP contribution in [0.1, 0.15) is 38.8 Å². The summed E-state index contributed by atoms with van der Waals surface area (Å²) in [7, 11) is -4.25. The van der Waals surface area contributed by atoms with Crippen LogP contribution in [0.2, 0.25) is 0 Å². The zero-order valence-electron chi connectivity index (χ0n) is 26.5. The Labute approximate surface area is 270 Å². The van der Waals surface area contributed by atoms with Gasteiger partial charge in [-0.25, -0.2) is 12.8 Å². The molecular formula is C36H40FN3O5S. The van der Waals surface area contributed by atoms with E-state index in [0.29, 0.717) is 17.9 Å². The van der Waals surface area contributed by atoms with Crippen molar-refractivity contribution in [1.29, 1.82) is 0 Å². The second-order valence-electron chi connectivity index (χ2n) is 11.8. The van der Waals surface area contributed by atoms with Crippen LogP contribution >= 0.6 is 0 Å². The van der Waals surface area contributed by atoms with Gasteiger partial charge >= 0.3 is 0 Å². The molecule has 1 atom stereocenters. The summed E-state index contributed by atoms with van der Waals surface area (Å²) in [4.78, 5) is 29.7. The van der Waals surface area contributed by atoms with Crippen LogP contribution in [-0.4, -0.2) is 49.9 Å². The van der Waals surface area contributed by atoms with Gasteiger partial charge in [-0.05, 0) is 87.4 Å². The first kappa shape index (κ1) is 34.2. The Morgan fingerprint density at radius 2 is 1.41 bits per heavy atom. The van der Waals surface area contributed by atoms with Gasteiger partial charge in [0.05, 0.1) is 17.2 Å². The third-order valence-corrected chi connectivity index (χ3v) is 8.87. The van der Waals surface area contributed by atoms with Gasteiger partial charge in [-0.3, -0.25) is 13.9 Å². The number of amides is 2. The van der Waals surface area contributed by atoms with Crippen molar-refractivity contribution in [2.75, 3.05) is 17.5 Å². The zero-order chi connectivity index (χ0) is 33.3. The van der Waals surface area contributed by atoms with Crippen molar-refractivity contribution in [3.05, 3.63) is 126 Å². The highest BCUT2D eigenvalue weighted by atomic mass is 32.2. The van der Waals surface area contributed by atoms with Crippen molar-refractivity contribution < 1.29 is 27.1 Å². The molecule has 0 heterocycles. The number of sulfonamides is 1. The van der Waals surface area contributed by atoms with Crippen LogP contribution in [0, 0.1) is 5.82 Å². The molecule has 4 aromatic carbocycles. The molecule has 0 aliphatic rings. The number of nitrogens with one attached hydrogen (secondary N) is 1. The lowest BCUT2D eigenvalue weighted by atomic mass is 10.0. The number of carbonyl (C=O) groups is 2. The number of nitrogens with zero attached hydrogens (tertiary/aromatic N) is 2. The molecule has 0 fully saturated rings. The van der Waals surface area contributed by atoms with E-state index in [1.165, 1.54) is 29.2 Å². The Kier molecular flexibility index (Phi) is 11.2. The van der Waals surface area contributed by atoms with Crippen molar-refractivity contribution in [3.63, 3.8) is 0 Å². The monoisotopic (exact) mass is 645 g/mol. The minimum Gasteiger partial charge on any atom is -0.494 e. The molecule has 1 unspecified atom stereocenters. The van der Waals surface area contributed by atoms with E-state index in [2.05, 4.69) is 5.32 Å². The predicted octanol–water partition coefficient (Wildman–Crippen LogP) is 5.97. The van der Waals surface area contributed by atoms with E-state index in [1.807, 2.05) is 58.0 Å². The molecule has 0 aliphatic heterocycles. The Morgan fingerprint density at radius 1 is 0.826 bits per heavy atom. The van der Waals surface area contributed by atoms with E-state index in [4.69, 9.17) is 4.74 Å². The molecule has 8 nitrogen and oxygen atoms in total. The lowest BCUT2D eigenvalue weighted by molar-refractivity contribution is -0.140. The van der Waals surface area contributed by atoms with Gasteiger partial charge in [0, 0.05) is 18.5 Å². The Hall–Kier alpha value is -4.70. The van der Waals surface area contributed by atoms with Crippen LogP contribution in [0.3, 0.4) is 0 Å². The zero-order valence-corrected chi connectivity index (χ0v) is 27.3. The van der Waals surface area contributed by atoms with Crippen LogP contribution in [0.5, 0.6) is 5.75 Å². The topological polar surface area (TPSA) is 96.0 Å². The molecule has 2 amide bonds. The fourth-order valence-electron chi connectivity index (χ4n) is 4.92. The highest BCUT2D eigenvalue weighted by Gasteiger charge is 2.35. The first-order valence-electron chi connectivity index (χ1n) is 15.1. The molecule has 0 aromatic heterocycles. The molecule has 0 bridgehead atoms. The Morgan fingerprint density at radius 3 is 1.98 bits per heavy atom. The fourth-order valence-corrected chi connectivity index (χ4v) is 6.33. The van der Waals surface area contributed by atoms with E-state index in [1.54, 1.807) is 54.6 Å². The Bertz CT molecular complexity index is 1690. The lowest BCUT2D eigenvalue weighted by Crippen LogP contribution is -2.56. The lowest BCUT2D eigenvalue weighted by Gasteiger charge is -2.35. The summed E-state index contributed by atoms with van der Waals surface area (Å²) < 4.78 is 48.6. The number of benzene rings is 4. The number of ether oxygens (including phenoxy) is 1. The number of carbonyl (C=O) groups excluding carboxylic acids is 2. The summed E-state index contributed by atoms with van der Waals surface area (Å²) in [5.74, 6) is -0.923. The van der Waals surface area contributed by atoms with E-state index in [-0.39, 0.29) is 23.5 Å². The molecule has 10 heteroatoms. The number of para-hydroxylation sites is 1. The van der Waals surface area contributed by atoms with Gasteiger partial charge in [0.2, 0.25) is 11.8 Å². The number of rotatable bonds is 13. The second-order valence-corrected chi connectivity index (χ2v) is 13.7. The molecule has 4 aromatic rings. The van der Waals surface area contributed by atoms with Crippen LogP contribution in [-0.2, 0) is 32.6 Å². The van der Waals surface area contributed by atoms with Crippen LogP contribution in [0.25, 0.3) is 0 Å².